The van der Waals surface area contributed by atoms with E-state index in [2.05, 4.69) is 505 Å². The summed E-state index contributed by atoms with van der Waals surface area (Å²) in [5.41, 5.74) is 22.8. The highest BCUT2D eigenvalue weighted by Gasteiger charge is 2.32. The number of fused-ring (bicyclic) bond motifs is 48. The van der Waals surface area contributed by atoms with Gasteiger partial charge in [-0.05, 0) is 209 Å². The quantitative estimate of drug-likeness (QED) is 0.156. The van der Waals surface area contributed by atoms with Crippen LogP contribution in [0.3, 0.4) is 0 Å². The Kier molecular flexibility index (Phi) is 17.3. The Bertz CT molecular complexity index is 11400. The Morgan fingerprint density at radius 1 is 0.132 bits per heavy atom. The Labute approximate surface area is 823 Å². The number of hydrogen-bond donors (Lipinski definition) is 0. The van der Waals surface area contributed by atoms with Gasteiger partial charge in [0, 0.05) is 114 Å². The van der Waals surface area contributed by atoms with Crippen LogP contribution < -0.4 is 0 Å². The highest BCUT2D eigenvalue weighted by Crippen LogP contribution is 2.56. The molecule has 0 fully saturated rings. The fraction of sp³-hybridized carbons (Fsp3) is 0. The molecule has 0 aliphatic heterocycles. The maximum Gasteiger partial charge on any atom is 0.160 e. The fourth-order valence-corrected chi connectivity index (χ4v) is 25.0. The van der Waals surface area contributed by atoms with Crippen molar-refractivity contribution in [1.29, 1.82) is 0 Å². The minimum absolute atomic E-state index is 0.903. The predicted octanol–water partition coefficient (Wildman–Crippen LogP) is 38.9. The minimum Gasteiger partial charge on any atom is -0.454 e. The Morgan fingerprint density at radius 2 is 0.389 bits per heavy atom. The van der Waals surface area contributed by atoms with Crippen LogP contribution in [-0.4, -0.2) is 13.7 Å². The van der Waals surface area contributed by atoms with Gasteiger partial charge in [0.15, 0.2) is 16.7 Å². The molecule has 6 heterocycles. The molecule has 33 aromatic rings. The van der Waals surface area contributed by atoms with Crippen LogP contribution in [0.5, 0.6) is 0 Å². The maximum absolute atomic E-state index is 6.98. The molecule has 0 saturated heterocycles. The van der Waals surface area contributed by atoms with E-state index in [0.29, 0.717) is 0 Å². The lowest BCUT2D eigenvalue weighted by Gasteiger charge is -2.15. The molecule has 0 spiro atoms. The summed E-state index contributed by atoms with van der Waals surface area (Å²) in [6, 6.07) is 178. The highest BCUT2D eigenvalue weighted by molar-refractivity contribution is 6.49. The molecule has 0 unspecified atom stereocenters. The first-order valence-electron chi connectivity index (χ1n) is 49.6. The van der Waals surface area contributed by atoms with E-state index in [9.17, 15) is 0 Å². The molecule has 0 radical (unpaired) electrons. The van der Waals surface area contributed by atoms with Gasteiger partial charge in [-0.3, -0.25) is 0 Å². The summed E-state index contributed by atoms with van der Waals surface area (Å²) in [5, 5.41) is 44.5. The molecule has 0 bridgehead atoms. The van der Waals surface area contributed by atoms with Crippen molar-refractivity contribution in [2.24, 2.45) is 0 Å². The van der Waals surface area contributed by atoms with Crippen molar-refractivity contribution in [1.82, 2.24) is 13.7 Å². The molecule has 6 nitrogen and oxygen atoms in total. The molecule has 0 atom stereocenters. The highest BCUT2D eigenvalue weighted by atomic mass is 16.3. The normalized spacial score (nSPS) is 12.2. The van der Waals surface area contributed by atoms with Gasteiger partial charge < -0.3 is 27.0 Å². The van der Waals surface area contributed by atoms with Crippen LogP contribution in [0.15, 0.2) is 505 Å². The summed E-state index contributed by atoms with van der Waals surface area (Å²) in [5.74, 6) is 0. The largest absolute Gasteiger partial charge is 0.454 e. The third-order valence-electron chi connectivity index (χ3n) is 31.0. The zero-order valence-electron chi connectivity index (χ0n) is 77.8. The van der Waals surface area contributed by atoms with Crippen LogP contribution in [0.4, 0.5) is 0 Å². The molecule has 0 amide bonds. The number of benzene rings is 27. The van der Waals surface area contributed by atoms with E-state index < -0.39 is 0 Å². The van der Waals surface area contributed by atoms with Crippen LogP contribution in [0.25, 0.3) is 311 Å². The van der Waals surface area contributed by atoms with E-state index in [0.717, 1.165) is 99.8 Å². The van der Waals surface area contributed by atoms with Crippen molar-refractivity contribution in [2.45, 2.75) is 0 Å². The lowest BCUT2D eigenvalue weighted by molar-refractivity contribution is 0.671. The van der Waals surface area contributed by atoms with Crippen molar-refractivity contribution in [3.8, 4) is 50.4 Å². The van der Waals surface area contributed by atoms with Gasteiger partial charge in [-0.15, -0.1) is 0 Å². The molecule has 33 rings (SSSR count). The molecule has 0 aliphatic rings. The van der Waals surface area contributed by atoms with Crippen LogP contribution in [0.2, 0.25) is 0 Å². The summed E-state index contributed by atoms with van der Waals surface area (Å²) < 4.78 is 28.2. The summed E-state index contributed by atoms with van der Waals surface area (Å²) in [4.78, 5) is 0. The molecular weight excluding hydrogens is 1750 g/mol. The van der Waals surface area contributed by atoms with Crippen molar-refractivity contribution in [3.63, 3.8) is 0 Å². The number of nitrogens with zero attached hydrogens (tertiary/aromatic N) is 3. The number of aromatic nitrogens is 3. The lowest BCUT2D eigenvalue weighted by atomic mass is 9.89. The van der Waals surface area contributed by atoms with E-state index in [-0.39, 0.29) is 0 Å². The van der Waals surface area contributed by atoms with Crippen LogP contribution in [-0.2, 0) is 0 Å². The van der Waals surface area contributed by atoms with Gasteiger partial charge in [0.1, 0.15) is 16.7 Å². The zero-order valence-corrected chi connectivity index (χ0v) is 77.8. The van der Waals surface area contributed by atoms with Gasteiger partial charge in [-0.25, -0.2) is 0 Å². The van der Waals surface area contributed by atoms with Gasteiger partial charge in [0.05, 0.1) is 33.1 Å². The average Bonchev–Trinajstić information content (AvgIpc) is 1.51. The van der Waals surface area contributed by atoms with Gasteiger partial charge >= 0.3 is 0 Å². The van der Waals surface area contributed by atoms with E-state index >= 15 is 0 Å². The van der Waals surface area contributed by atoms with Crippen molar-refractivity contribution >= 4 is 261 Å². The van der Waals surface area contributed by atoms with Gasteiger partial charge in [-0.2, -0.15) is 0 Å². The first-order chi connectivity index (χ1) is 71.5. The molecule has 0 saturated carbocycles. The first kappa shape index (κ1) is 79.9. The Hall–Kier alpha value is -19.1. The summed E-state index contributed by atoms with van der Waals surface area (Å²) in [6.07, 6.45) is 0. The Morgan fingerprint density at radius 3 is 0.771 bits per heavy atom. The standard InChI is InChI=1S/3C46H27NO/c1-2-17-31-28(13-1)14-12-24-32(31)29-15-11-16-30(27-29)47-39-25-9-7-22-37(39)43-41-35-20-5-3-18-33(35)34-19-4-6-21-36(34)42(41)44-38-23-8-10-26-40(38)48-46(44)45(43)47;1-2-14-31-28(12-1)13-11-21-32(31)29-24-26-30(27-25-29)47-39-22-9-7-19-37(39)43-41-35-17-5-3-15-33(35)34-16-4-6-18-36(34)42(41)44-38-20-8-10-23-40(38)48-46(44)45(43)47;1-2-13-29-26-31(25-24-28(29)12-1)30-14-11-15-32(27-30)47-39-22-9-7-20-37(39)43-41-35-18-5-3-16-33(35)34-17-4-6-19-36(34)42(41)44-38-21-8-10-23-40(38)48-46(44)45(43)47/h3*1-27H. The average molecular weight is 1830 g/mol. The molecule has 666 valence electrons. The second kappa shape index (κ2) is 31.2. The van der Waals surface area contributed by atoms with Crippen molar-refractivity contribution in [2.75, 3.05) is 0 Å². The number of furan rings is 3. The predicted molar refractivity (Wildman–Crippen MR) is 611 cm³/mol. The lowest BCUT2D eigenvalue weighted by Crippen LogP contribution is -1.95. The van der Waals surface area contributed by atoms with Crippen LogP contribution in [0.1, 0.15) is 0 Å². The zero-order chi connectivity index (χ0) is 94.0. The van der Waals surface area contributed by atoms with E-state index in [1.165, 1.54) is 211 Å². The summed E-state index contributed by atoms with van der Waals surface area (Å²) in [6.45, 7) is 0. The molecule has 0 N–H and O–H groups in total. The van der Waals surface area contributed by atoms with E-state index in [4.69, 9.17) is 13.3 Å². The number of para-hydroxylation sites is 6. The third kappa shape index (κ3) is 11.6. The first-order valence-corrected chi connectivity index (χ1v) is 49.6. The van der Waals surface area contributed by atoms with E-state index in [1.807, 2.05) is 0 Å². The maximum atomic E-state index is 6.98. The molecule has 0 aliphatic carbocycles. The minimum atomic E-state index is 0.903. The van der Waals surface area contributed by atoms with Crippen LogP contribution >= 0.6 is 0 Å². The topological polar surface area (TPSA) is 54.2 Å². The molecule has 6 heteroatoms. The van der Waals surface area contributed by atoms with Crippen molar-refractivity contribution in [3.05, 3.63) is 491 Å². The molecule has 144 heavy (non-hydrogen) atoms. The second-order valence-corrected chi connectivity index (χ2v) is 38.4. The number of rotatable bonds is 6. The van der Waals surface area contributed by atoms with E-state index in [1.54, 1.807) is 0 Å². The van der Waals surface area contributed by atoms with Gasteiger partial charge in [0.25, 0.3) is 0 Å². The summed E-state index contributed by atoms with van der Waals surface area (Å²) in [7, 11) is 0. The smallest absolute Gasteiger partial charge is 0.160 e. The number of hydrogen-bond acceptors (Lipinski definition) is 3. The summed E-state index contributed by atoms with van der Waals surface area (Å²) >= 11 is 0. The SMILES string of the molecule is c1cc(-c2ccc3ccccc3c2)cc(-n2c3ccccc3c3c4c5ccccc5c5ccccc5c4c4c5ccccc5oc4c32)c1.c1cc(-c2cccc3ccccc23)cc(-n2c3ccccc3c3c4c5ccccc5c5ccccc5c4c4c5ccccc5oc4c32)c1.c1ccc2c(-c3ccc(-n4c5ccccc5c5c6c7ccccc7c7ccccc7c6c6c7ccccc7oc6c54)cc3)cccc2c1. The fourth-order valence-electron chi connectivity index (χ4n) is 25.0. The van der Waals surface area contributed by atoms with Gasteiger partial charge in [0.2, 0.25) is 0 Å². The third-order valence-corrected chi connectivity index (χ3v) is 31.0. The van der Waals surface area contributed by atoms with Gasteiger partial charge in [-0.1, -0.05) is 413 Å². The molecule has 6 aromatic heterocycles. The Balaban J connectivity index is 0.0000000986. The second-order valence-electron chi connectivity index (χ2n) is 38.4. The molecular formula is C138H81N3O3. The van der Waals surface area contributed by atoms with Crippen molar-refractivity contribution < 1.29 is 13.3 Å². The monoisotopic (exact) mass is 1830 g/mol. The van der Waals surface area contributed by atoms with Crippen LogP contribution in [0, 0.1) is 0 Å². The molecule has 27 aromatic carbocycles.